The molecule has 1 aliphatic carbocycles. The zero-order chi connectivity index (χ0) is 36.4. The fourth-order valence-electron chi connectivity index (χ4n) is 6.30. The molecular formula is C35H40F3N5O6S. The van der Waals surface area contributed by atoms with Gasteiger partial charge in [0, 0.05) is 48.3 Å². The summed E-state index contributed by atoms with van der Waals surface area (Å²) < 4.78 is 57.3. The number of ether oxygens (including phenoxy) is 3. The number of methoxy groups -OCH3 is 2. The molecule has 15 heteroatoms. The molecule has 50 heavy (non-hydrogen) atoms. The van der Waals surface area contributed by atoms with Gasteiger partial charge >= 0.3 is 18.2 Å². The van der Waals surface area contributed by atoms with Crippen LogP contribution in [0.15, 0.2) is 48.9 Å². The van der Waals surface area contributed by atoms with Crippen molar-refractivity contribution in [2.24, 2.45) is 5.92 Å². The van der Waals surface area contributed by atoms with Gasteiger partial charge in [0.1, 0.15) is 39.9 Å². The topological polar surface area (TPSA) is 123 Å². The van der Waals surface area contributed by atoms with Gasteiger partial charge in [-0.05, 0) is 44.7 Å². The van der Waals surface area contributed by atoms with E-state index in [0.717, 1.165) is 36.0 Å². The molecule has 1 saturated carbocycles. The lowest BCUT2D eigenvalue weighted by Gasteiger charge is -2.29. The zero-order valence-corrected chi connectivity index (χ0v) is 29.2. The van der Waals surface area contributed by atoms with Crippen LogP contribution in [0.25, 0.3) is 21.6 Å². The van der Waals surface area contributed by atoms with Crippen LogP contribution in [0.2, 0.25) is 0 Å². The Balaban J connectivity index is 1.49. The lowest BCUT2D eigenvalue weighted by molar-refractivity contribution is -0.144. The van der Waals surface area contributed by atoms with Crippen molar-refractivity contribution in [3.63, 3.8) is 0 Å². The number of aromatic nitrogens is 2. The van der Waals surface area contributed by atoms with E-state index < -0.39 is 41.6 Å². The third-order valence-electron chi connectivity index (χ3n) is 9.19. The molecule has 1 saturated heterocycles. The Morgan fingerprint density at radius 1 is 1.18 bits per heavy atom. The Hall–Kier alpha value is -4.66. The van der Waals surface area contributed by atoms with Gasteiger partial charge in [-0.15, -0.1) is 24.5 Å². The minimum Gasteiger partial charge on any atom is -0.496 e. The standard InChI is InChI=1S/C35H40F3N5O6S/c1-7-9-10-11-14-42(4)31(44)25-15-22(18-43(25)33(46)41-34(32(45)48-6)17-21(34)8-2)49-27-16-24(30-40-28(19-50-30)35(36,37)38)39-29-20(3)26(47-5)13-12-23(27)29/h7-8,12-13,16,19,21-22,25H,1-2,9-11,14-15,17-18H2,3-6H3,(H,41,46)/t21-,22+,25+,34-/m1/s1. The zero-order valence-electron chi connectivity index (χ0n) is 28.3. The number of carbonyl (C=O) groups is 3. The molecule has 0 radical (unpaired) electrons. The molecule has 2 aromatic heterocycles. The highest BCUT2D eigenvalue weighted by molar-refractivity contribution is 7.13. The number of nitrogens with one attached hydrogen (secondary N) is 1. The van der Waals surface area contributed by atoms with E-state index >= 15 is 0 Å². The highest BCUT2D eigenvalue weighted by Gasteiger charge is 2.62. The molecule has 1 aromatic carbocycles. The van der Waals surface area contributed by atoms with Crippen molar-refractivity contribution in [3.05, 3.63) is 60.1 Å². The van der Waals surface area contributed by atoms with Crippen LogP contribution in [0.4, 0.5) is 18.0 Å². The van der Waals surface area contributed by atoms with Crippen LogP contribution in [-0.4, -0.2) is 89.7 Å². The van der Waals surface area contributed by atoms with Crippen molar-refractivity contribution >= 4 is 40.1 Å². The third-order valence-corrected chi connectivity index (χ3v) is 10.1. The molecule has 1 aliphatic heterocycles. The van der Waals surface area contributed by atoms with Gasteiger partial charge in [0.05, 0.1) is 26.3 Å². The number of hydrogen-bond acceptors (Lipinski definition) is 9. The SMILES string of the molecule is C=CCCCCN(C)C(=O)[C@@H]1C[C@H](Oc2cc(-c3nc(C(F)(F)F)cs3)nc3c(C)c(OC)ccc23)CN1C(=O)N[C@]1(C(=O)OC)C[C@H]1C=C. The van der Waals surface area contributed by atoms with E-state index in [0.29, 0.717) is 35.2 Å². The lowest BCUT2D eigenvalue weighted by Crippen LogP contribution is -2.55. The van der Waals surface area contributed by atoms with Gasteiger partial charge in [-0.3, -0.25) is 4.79 Å². The first-order valence-electron chi connectivity index (χ1n) is 16.1. The second-order valence-electron chi connectivity index (χ2n) is 12.5. The second kappa shape index (κ2) is 14.7. The van der Waals surface area contributed by atoms with Crippen LogP contribution in [0.5, 0.6) is 11.5 Å². The van der Waals surface area contributed by atoms with Gasteiger partial charge < -0.3 is 29.3 Å². The Labute approximate surface area is 292 Å². The average molecular weight is 716 g/mol. The van der Waals surface area contributed by atoms with Gasteiger partial charge in [0.25, 0.3) is 0 Å². The number of allylic oxidation sites excluding steroid dienone is 1. The molecule has 1 N–H and O–H groups in total. The van der Waals surface area contributed by atoms with Crippen LogP contribution >= 0.6 is 11.3 Å². The number of likely N-dealkylation sites (tertiary alicyclic amines) is 1. The lowest BCUT2D eigenvalue weighted by atomic mass is 10.1. The van der Waals surface area contributed by atoms with Gasteiger partial charge in [0.15, 0.2) is 5.69 Å². The molecule has 2 fully saturated rings. The number of alkyl halides is 3. The highest BCUT2D eigenvalue weighted by Crippen LogP contribution is 2.46. The maximum absolute atomic E-state index is 13.9. The van der Waals surface area contributed by atoms with Crippen molar-refractivity contribution in [1.82, 2.24) is 25.1 Å². The number of pyridine rings is 1. The molecule has 3 heterocycles. The van der Waals surface area contributed by atoms with Gasteiger partial charge in [-0.1, -0.05) is 12.2 Å². The van der Waals surface area contributed by atoms with E-state index in [9.17, 15) is 27.6 Å². The summed E-state index contributed by atoms with van der Waals surface area (Å²) in [5.41, 5.74) is -1.09. The monoisotopic (exact) mass is 715 g/mol. The average Bonchev–Trinajstić information content (AvgIpc) is 3.38. The van der Waals surface area contributed by atoms with E-state index in [-0.39, 0.29) is 41.2 Å². The summed E-state index contributed by atoms with van der Waals surface area (Å²) in [6, 6.07) is 3.42. The third kappa shape index (κ3) is 7.28. The number of nitrogens with zero attached hydrogens (tertiary/aromatic N) is 4. The minimum absolute atomic E-state index is 0.0215. The summed E-state index contributed by atoms with van der Waals surface area (Å²) in [7, 11) is 4.41. The van der Waals surface area contributed by atoms with Gasteiger partial charge in [-0.25, -0.2) is 19.6 Å². The molecule has 5 rings (SSSR count). The number of unbranched alkanes of at least 4 members (excludes halogenated alkanes) is 2. The van der Waals surface area contributed by atoms with E-state index in [2.05, 4.69) is 28.4 Å². The van der Waals surface area contributed by atoms with Crippen LogP contribution in [0, 0.1) is 12.8 Å². The second-order valence-corrected chi connectivity index (χ2v) is 13.3. The summed E-state index contributed by atoms with van der Waals surface area (Å²) in [6.45, 7) is 9.71. The minimum atomic E-state index is -4.63. The van der Waals surface area contributed by atoms with E-state index in [1.54, 1.807) is 37.1 Å². The summed E-state index contributed by atoms with van der Waals surface area (Å²) in [4.78, 5) is 51.8. The van der Waals surface area contributed by atoms with Crippen LogP contribution in [-0.2, 0) is 20.5 Å². The molecule has 3 aromatic rings. The quantitative estimate of drug-likeness (QED) is 0.127. The Morgan fingerprint density at radius 2 is 1.94 bits per heavy atom. The molecule has 11 nitrogen and oxygen atoms in total. The predicted octanol–water partition coefficient (Wildman–Crippen LogP) is 6.16. The number of likely N-dealkylation sites (N-methyl/N-ethyl adjacent to an activating group) is 1. The molecule has 0 unspecified atom stereocenters. The van der Waals surface area contributed by atoms with E-state index in [1.165, 1.54) is 25.2 Å². The number of thiazole rings is 1. The molecule has 4 atom stereocenters. The Morgan fingerprint density at radius 3 is 2.56 bits per heavy atom. The van der Waals surface area contributed by atoms with Gasteiger partial charge in [-0.2, -0.15) is 13.2 Å². The fourth-order valence-corrected chi connectivity index (χ4v) is 7.08. The number of esters is 1. The summed E-state index contributed by atoms with van der Waals surface area (Å²) in [6.07, 6.45) is 0.867. The van der Waals surface area contributed by atoms with Crippen molar-refractivity contribution in [2.45, 2.75) is 62.9 Å². The number of aryl methyl sites for hydroxylation is 1. The largest absolute Gasteiger partial charge is 0.496 e. The molecule has 0 spiro atoms. The van der Waals surface area contributed by atoms with Crippen LogP contribution < -0.4 is 14.8 Å². The summed E-state index contributed by atoms with van der Waals surface area (Å²) >= 11 is 0.802. The summed E-state index contributed by atoms with van der Waals surface area (Å²) in [5.74, 6) is -0.429. The Kier molecular flexibility index (Phi) is 10.7. The summed E-state index contributed by atoms with van der Waals surface area (Å²) in [5, 5.41) is 4.33. The molecule has 2 aliphatic rings. The van der Waals surface area contributed by atoms with E-state index in [1.807, 2.05) is 6.08 Å². The maximum atomic E-state index is 13.9. The number of carbonyl (C=O) groups excluding carboxylic acids is 3. The van der Waals surface area contributed by atoms with Crippen molar-refractivity contribution < 1.29 is 41.8 Å². The normalized spacial score (nSPS) is 21.4. The first-order chi connectivity index (χ1) is 23.8. The first-order valence-corrected chi connectivity index (χ1v) is 17.0. The number of amides is 3. The molecule has 3 amide bonds. The number of halogens is 3. The van der Waals surface area contributed by atoms with Gasteiger partial charge in [0.2, 0.25) is 5.91 Å². The van der Waals surface area contributed by atoms with Crippen LogP contribution in [0.1, 0.15) is 43.4 Å². The van der Waals surface area contributed by atoms with E-state index in [4.69, 9.17) is 14.2 Å². The Bertz CT molecular complexity index is 1800. The molecule has 0 bridgehead atoms. The number of benzene rings is 1. The van der Waals surface area contributed by atoms with Crippen molar-refractivity contribution in [3.8, 4) is 22.2 Å². The first kappa shape index (κ1) is 36.6. The molecular weight excluding hydrogens is 675 g/mol. The van der Waals surface area contributed by atoms with Crippen molar-refractivity contribution in [1.29, 1.82) is 0 Å². The van der Waals surface area contributed by atoms with Crippen molar-refractivity contribution in [2.75, 3.05) is 34.4 Å². The smallest absolute Gasteiger partial charge is 0.434 e. The highest BCUT2D eigenvalue weighted by atomic mass is 32.1. The fraction of sp³-hybridized carbons (Fsp3) is 0.457. The number of urea groups is 1. The number of rotatable bonds is 13. The predicted molar refractivity (Wildman–Crippen MR) is 182 cm³/mol. The number of hydrogen-bond donors (Lipinski definition) is 1. The number of fused-ring (bicyclic) bond motifs is 1. The molecule has 268 valence electrons. The maximum Gasteiger partial charge on any atom is 0.434 e. The van der Waals surface area contributed by atoms with Crippen LogP contribution in [0.3, 0.4) is 0 Å².